The van der Waals surface area contributed by atoms with Crippen LogP contribution in [0.2, 0.25) is 0 Å². The lowest BCUT2D eigenvalue weighted by atomic mass is 10.1. The number of fused-ring (bicyclic) bond motifs is 1. The molecule has 0 fully saturated rings. The first-order valence-corrected chi connectivity index (χ1v) is 15.9. The van der Waals surface area contributed by atoms with E-state index in [1.807, 2.05) is 60.7 Å². The number of rotatable bonds is 12. The number of sulfonamides is 1. The molecule has 1 aliphatic rings. The van der Waals surface area contributed by atoms with Crippen LogP contribution >= 0.6 is 0 Å². The van der Waals surface area contributed by atoms with Crippen molar-refractivity contribution in [2.24, 2.45) is 0 Å². The number of methoxy groups -OCH3 is 2. The van der Waals surface area contributed by atoms with Crippen molar-refractivity contribution in [3.05, 3.63) is 114 Å². The fourth-order valence-corrected chi connectivity index (χ4v) is 6.46. The van der Waals surface area contributed by atoms with Gasteiger partial charge in [0, 0.05) is 19.2 Å². The highest BCUT2D eigenvalue weighted by Gasteiger charge is 2.36. The molecule has 11 heteroatoms. The highest BCUT2D eigenvalue weighted by molar-refractivity contribution is 7.89. The highest BCUT2D eigenvalue weighted by atomic mass is 32.2. The lowest BCUT2D eigenvalue weighted by Crippen LogP contribution is -2.53. The Bertz CT molecular complexity index is 1730. The molecule has 0 saturated carbocycles. The number of carbonyl (C=O) groups excluding carboxylic acids is 2. The third-order valence-corrected chi connectivity index (χ3v) is 9.31. The fourth-order valence-electron chi connectivity index (χ4n) is 5.05. The molecule has 1 aliphatic heterocycles. The molecule has 1 unspecified atom stereocenters. The molecule has 1 atom stereocenters. The second-order valence-electron chi connectivity index (χ2n) is 10.4. The van der Waals surface area contributed by atoms with Crippen molar-refractivity contribution >= 4 is 27.5 Å². The molecule has 4 aromatic carbocycles. The molecule has 0 spiro atoms. The van der Waals surface area contributed by atoms with E-state index in [2.05, 4.69) is 5.32 Å². The number of anilines is 1. The van der Waals surface area contributed by atoms with Crippen LogP contribution in [0, 0.1) is 0 Å². The van der Waals surface area contributed by atoms with Crippen molar-refractivity contribution < 1.29 is 32.2 Å². The number of nitrogens with one attached hydrogen (secondary N) is 1. The molecule has 10 nitrogen and oxygen atoms in total. The number of carbonyl (C=O) groups is 2. The molecule has 0 saturated heterocycles. The van der Waals surface area contributed by atoms with E-state index in [-0.39, 0.29) is 29.6 Å². The van der Waals surface area contributed by atoms with E-state index in [0.29, 0.717) is 30.2 Å². The van der Waals surface area contributed by atoms with Crippen molar-refractivity contribution in [2.75, 3.05) is 38.8 Å². The third-order valence-electron chi connectivity index (χ3n) is 7.47. The second-order valence-corrected chi connectivity index (χ2v) is 12.3. The minimum atomic E-state index is -4.17. The smallest absolute Gasteiger partial charge is 0.263 e. The summed E-state index contributed by atoms with van der Waals surface area (Å²) in [5, 5.41) is 2.87. The van der Waals surface area contributed by atoms with Gasteiger partial charge in [0.2, 0.25) is 15.9 Å². The van der Waals surface area contributed by atoms with Crippen molar-refractivity contribution in [1.29, 1.82) is 0 Å². The maximum atomic E-state index is 14.0. The first kappa shape index (κ1) is 31.6. The minimum Gasteiger partial charge on any atom is -0.493 e. The average Bonchev–Trinajstić information content (AvgIpc) is 3.08. The maximum absolute atomic E-state index is 14.0. The van der Waals surface area contributed by atoms with Crippen LogP contribution in [0.15, 0.2) is 108 Å². The van der Waals surface area contributed by atoms with E-state index in [1.54, 1.807) is 24.3 Å². The van der Waals surface area contributed by atoms with Gasteiger partial charge in [-0.3, -0.25) is 9.59 Å². The molecule has 0 aromatic heterocycles. The average molecular weight is 630 g/mol. The summed E-state index contributed by atoms with van der Waals surface area (Å²) in [7, 11) is -1.28. The SMILES string of the molecule is COc1ccc(S(=O)(=O)N(CCc2ccccc2)CC(=O)N2CC(C(=O)NCc3ccccc3)Oc3ccccc32)cc1OC. The van der Waals surface area contributed by atoms with Crippen LogP contribution in [0.1, 0.15) is 11.1 Å². The molecule has 5 rings (SSSR count). The molecular weight excluding hydrogens is 594 g/mol. The van der Waals surface area contributed by atoms with Gasteiger partial charge in [0.05, 0.1) is 37.9 Å². The molecule has 2 amide bonds. The Morgan fingerprint density at radius 2 is 1.51 bits per heavy atom. The summed E-state index contributed by atoms with van der Waals surface area (Å²) in [5.41, 5.74) is 2.30. The number of hydrogen-bond acceptors (Lipinski definition) is 7. The van der Waals surface area contributed by atoms with Crippen LogP contribution in [-0.2, 0) is 32.6 Å². The van der Waals surface area contributed by atoms with Crippen LogP contribution in [0.3, 0.4) is 0 Å². The van der Waals surface area contributed by atoms with Crippen LogP contribution in [-0.4, -0.2) is 64.5 Å². The fraction of sp³-hybridized carbons (Fsp3) is 0.235. The van der Waals surface area contributed by atoms with Gasteiger partial charge < -0.3 is 24.4 Å². The zero-order valence-corrected chi connectivity index (χ0v) is 25.9. The second kappa shape index (κ2) is 14.3. The predicted molar refractivity (Wildman–Crippen MR) is 170 cm³/mol. The molecule has 1 heterocycles. The number of amides is 2. The normalized spacial score (nSPS) is 14.3. The Kier molecular flexibility index (Phi) is 10.0. The van der Waals surface area contributed by atoms with Gasteiger partial charge in [0.25, 0.3) is 5.91 Å². The zero-order chi connectivity index (χ0) is 31.8. The Labute approximate surface area is 263 Å². The standard InChI is InChI=1S/C34H35N3O7S/c1-42-30-18-17-27(21-31(30)43-2)45(40,41)36(20-19-25-11-5-3-6-12-25)24-33(38)37-23-32(44-29-16-10-9-15-28(29)37)34(39)35-22-26-13-7-4-8-14-26/h3-18,21,32H,19-20,22-24H2,1-2H3,(H,35,39). The number of hydrogen-bond donors (Lipinski definition) is 1. The maximum Gasteiger partial charge on any atom is 0.263 e. The molecule has 45 heavy (non-hydrogen) atoms. The van der Waals surface area contributed by atoms with Crippen LogP contribution in [0.4, 0.5) is 5.69 Å². The van der Waals surface area contributed by atoms with E-state index >= 15 is 0 Å². The van der Waals surface area contributed by atoms with Gasteiger partial charge in [-0.1, -0.05) is 72.8 Å². The predicted octanol–water partition coefficient (Wildman–Crippen LogP) is 4.05. The Morgan fingerprint density at radius 1 is 0.867 bits per heavy atom. The molecule has 234 valence electrons. The number of ether oxygens (including phenoxy) is 3. The van der Waals surface area contributed by atoms with E-state index in [0.717, 1.165) is 15.4 Å². The minimum absolute atomic E-state index is 0.0402. The summed E-state index contributed by atoms with van der Waals surface area (Å²) in [6, 6.07) is 30.1. The van der Waals surface area contributed by atoms with Gasteiger partial charge in [0.15, 0.2) is 17.6 Å². The monoisotopic (exact) mass is 629 g/mol. The van der Waals surface area contributed by atoms with Crippen LogP contribution in [0.25, 0.3) is 0 Å². The number of benzene rings is 4. The van der Waals surface area contributed by atoms with E-state index < -0.39 is 28.6 Å². The Balaban J connectivity index is 1.41. The van der Waals surface area contributed by atoms with Crippen molar-refractivity contribution in [2.45, 2.75) is 24.0 Å². The summed E-state index contributed by atoms with van der Waals surface area (Å²) < 4.78 is 45.9. The quantitative estimate of drug-likeness (QED) is 0.252. The summed E-state index contributed by atoms with van der Waals surface area (Å²) in [6.45, 7) is -0.207. The molecule has 0 aliphatic carbocycles. The lowest BCUT2D eigenvalue weighted by Gasteiger charge is -2.35. The first-order chi connectivity index (χ1) is 21.8. The lowest BCUT2D eigenvalue weighted by molar-refractivity contribution is -0.128. The Hall–Kier alpha value is -4.87. The summed E-state index contributed by atoms with van der Waals surface area (Å²) in [6.07, 6.45) is -0.613. The molecular formula is C34H35N3O7S. The first-order valence-electron chi connectivity index (χ1n) is 14.4. The van der Waals surface area contributed by atoms with Gasteiger partial charge in [-0.25, -0.2) is 8.42 Å². The van der Waals surface area contributed by atoms with Crippen LogP contribution < -0.4 is 24.4 Å². The van der Waals surface area contributed by atoms with Gasteiger partial charge in [-0.05, 0) is 41.8 Å². The van der Waals surface area contributed by atoms with Gasteiger partial charge in [-0.2, -0.15) is 4.31 Å². The molecule has 0 bridgehead atoms. The molecule has 4 aromatic rings. The van der Waals surface area contributed by atoms with Gasteiger partial charge >= 0.3 is 0 Å². The summed E-state index contributed by atoms with van der Waals surface area (Å²) in [5.74, 6) is 0.105. The number of nitrogens with zero attached hydrogens (tertiary/aromatic N) is 2. The Morgan fingerprint density at radius 3 is 2.20 bits per heavy atom. The van der Waals surface area contributed by atoms with E-state index in [4.69, 9.17) is 14.2 Å². The topological polar surface area (TPSA) is 114 Å². The summed E-state index contributed by atoms with van der Waals surface area (Å²) >= 11 is 0. The third kappa shape index (κ3) is 7.44. The van der Waals surface area contributed by atoms with Gasteiger partial charge in [-0.15, -0.1) is 0 Å². The number of para-hydroxylation sites is 2. The van der Waals surface area contributed by atoms with Gasteiger partial charge in [0.1, 0.15) is 5.75 Å². The highest BCUT2D eigenvalue weighted by Crippen LogP contribution is 2.34. The van der Waals surface area contributed by atoms with Crippen LogP contribution in [0.5, 0.6) is 17.2 Å². The van der Waals surface area contributed by atoms with Crippen molar-refractivity contribution in [3.8, 4) is 17.2 Å². The summed E-state index contributed by atoms with van der Waals surface area (Å²) in [4.78, 5) is 28.6. The van der Waals surface area contributed by atoms with E-state index in [1.165, 1.54) is 37.3 Å². The largest absolute Gasteiger partial charge is 0.493 e. The molecule has 0 radical (unpaired) electrons. The molecule has 1 N–H and O–H groups in total. The van der Waals surface area contributed by atoms with E-state index in [9.17, 15) is 18.0 Å². The zero-order valence-electron chi connectivity index (χ0n) is 25.1. The van der Waals surface area contributed by atoms with Crippen molar-refractivity contribution in [3.63, 3.8) is 0 Å². The van der Waals surface area contributed by atoms with Crippen molar-refractivity contribution in [1.82, 2.24) is 9.62 Å².